The number of aryl methyl sites for hydroxylation is 1. The van der Waals surface area contributed by atoms with Crippen LogP contribution in [0.15, 0.2) is 65.1 Å². The highest BCUT2D eigenvalue weighted by atomic mass is 79.9. The van der Waals surface area contributed by atoms with Crippen LogP contribution in [0.2, 0.25) is 0 Å². The number of benzene rings is 3. The number of rotatable bonds is 1. The Morgan fingerprint density at radius 3 is 2.33 bits per heavy atom. The number of halogens is 1. The van der Waals surface area contributed by atoms with E-state index in [1.807, 2.05) is 42.5 Å². The van der Waals surface area contributed by atoms with Crippen molar-refractivity contribution in [3.63, 3.8) is 0 Å². The van der Waals surface area contributed by atoms with Crippen molar-refractivity contribution < 1.29 is 4.57 Å². The van der Waals surface area contributed by atoms with Crippen molar-refractivity contribution in [3.05, 3.63) is 65.1 Å². The first-order valence-electron chi connectivity index (χ1n) is 7.71. The first-order chi connectivity index (χ1) is 11.6. The van der Waals surface area contributed by atoms with E-state index in [4.69, 9.17) is 11.5 Å². The van der Waals surface area contributed by atoms with Gasteiger partial charge in [0.25, 0.3) is 0 Å². The maximum absolute atomic E-state index is 6.09. The average Bonchev–Trinajstić information content (AvgIpc) is 2.56. The van der Waals surface area contributed by atoms with Crippen LogP contribution >= 0.6 is 15.9 Å². The summed E-state index contributed by atoms with van der Waals surface area (Å²) in [5, 5.41) is 3.42. The third kappa shape index (κ3) is 2.22. The molecule has 0 spiro atoms. The summed E-state index contributed by atoms with van der Waals surface area (Å²) in [6.07, 6.45) is 0. The molecule has 0 amide bonds. The highest BCUT2D eigenvalue weighted by Crippen LogP contribution is 2.36. The number of pyridine rings is 1. The second-order valence-electron chi connectivity index (χ2n) is 5.98. The highest BCUT2D eigenvalue weighted by Gasteiger charge is 2.22. The van der Waals surface area contributed by atoms with Crippen LogP contribution < -0.4 is 16.0 Å². The van der Waals surface area contributed by atoms with Gasteiger partial charge in [-0.25, -0.2) is 0 Å². The fraction of sp³-hybridized carbons (Fsp3) is 0.0500. The molecule has 0 atom stereocenters. The van der Waals surface area contributed by atoms with E-state index in [-0.39, 0.29) is 0 Å². The maximum atomic E-state index is 6.09. The Bertz CT molecular complexity index is 1090. The smallest absolute Gasteiger partial charge is 0.220 e. The zero-order valence-electron chi connectivity index (χ0n) is 13.3. The molecule has 0 aliphatic carbocycles. The molecule has 4 aromatic rings. The Morgan fingerprint density at radius 1 is 0.833 bits per heavy atom. The largest absolute Gasteiger partial charge is 0.399 e. The van der Waals surface area contributed by atoms with Gasteiger partial charge in [0.1, 0.15) is 7.05 Å². The summed E-state index contributed by atoms with van der Waals surface area (Å²) in [6.45, 7) is 0. The van der Waals surface area contributed by atoms with Gasteiger partial charge in [-0.1, -0.05) is 24.3 Å². The summed E-state index contributed by atoms with van der Waals surface area (Å²) in [6, 6.07) is 20.4. The van der Waals surface area contributed by atoms with Crippen LogP contribution in [-0.4, -0.2) is 0 Å². The molecule has 118 valence electrons. The van der Waals surface area contributed by atoms with Crippen molar-refractivity contribution in [2.45, 2.75) is 0 Å². The van der Waals surface area contributed by atoms with Gasteiger partial charge in [0, 0.05) is 32.9 Å². The lowest BCUT2D eigenvalue weighted by atomic mass is 9.98. The SMILES string of the molecule is C[n+]1c(-c2ccccc2)c2cc(N)ccc2c2c(Br)cc(N)cc21. The van der Waals surface area contributed by atoms with Crippen molar-refractivity contribution in [2.24, 2.45) is 7.05 Å². The lowest BCUT2D eigenvalue weighted by Crippen LogP contribution is -2.32. The van der Waals surface area contributed by atoms with Crippen molar-refractivity contribution >= 4 is 49.0 Å². The summed E-state index contributed by atoms with van der Waals surface area (Å²) in [4.78, 5) is 0. The van der Waals surface area contributed by atoms with Gasteiger partial charge in [0.2, 0.25) is 11.2 Å². The molecule has 1 heterocycles. The lowest BCUT2D eigenvalue weighted by Gasteiger charge is -2.12. The van der Waals surface area contributed by atoms with Crippen molar-refractivity contribution in [2.75, 3.05) is 11.5 Å². The van der Waals surface area contributed by atoms with Crippen LogP contribution in [0.3, 0.4) is 0 Å². The molecule has 0 aliphatic rings. The molecule has 24 heavy (non-hydrogen) atoms. The number of aromatic nitrogens is 1. The van der Waals surface area contributed by atoms with E-state index in [2.05, 4.69) is 45.7 Å². The Morgan fingerprint density at radius 2 is 1.58 bits per heavy atom. The van der Waals surface area contributed by atoms with Gasteiger partial charge in [-0.15, -0.1) is 0 Å². The maximum Gasteiger partial charge on any atom is 0.220 e. The zero-order valence-corrected chi connectivity index (χ0v) is 14.8. The molecular weight excluding hydrogens is 362 g/mol. The average molecular weight is 379 g/mol. The predicted octanol–water partition coefficient (Wildman–Crippen LogP) is 4.41. The molecular formula is C20H17BrN3+. The molecule has 0 saturated heterocycles. The Kier molecular flexibility index (Phi) is 3.43. The van der Waals surface area contributed by atoms with Crippen LogP contribution in [0.4, 0.5) is 11.4 Å². The molecule has 3 nitrogen and oxygen atoms in total. The molecule has 0 unspecified atom stereocenters. The van der Waals surface area contributed by atoms with Gasteiger partial charge in [-0.3, -0.25) is 0 Å². The molecule has 0 saturated carbocycles. The highest BCUT2D eigenvalue weighted by molar-refractivity contribution is 9.10. The molecule has 0 bridgehead atoms. The number of nitrogens with two attached hydrogens (primary N) is 2. The molecule has 0 aliphatic heterocycles. The van der Waals surface area contributed by atoms with Crippen LogP contribution in [0, 0.1) is 0 Å². The second-order valence-corrected chi connectivity index (χ2v) is 6.83. The van der Waals surface area contributed by atoms with Crippen molar-refractivity contribution in [1.29, 1.82) is 0 Å². The number of anilines is 2. The van der Waals surface area contributed by atoms with Crippen LogP contribution in [0.1, 0.15) is 0 Å². The molecule has 1 aromatic heterocycles. The van der Waals surface area contributed by atoms with Gasteiger partial charge >= 0.3 is 0 Å². The van der Waals surface area contributed by atoms with E-state index in [0.29, 0.717) is 0 Å². The number of nitrogens with zero attached hydrogens (tertiary/aromatic N) is 1. The quantitative estimate of drug-likeness (QED) is 0.292. The Hall–Kier alpha value is -2.59. The Balaban J connectivity index is 2.29. The first-order valence-corrected chi connectivity index (χ1v) is 8.51. The summed E-state index contributed by atoms with van der Waals surface area (Å²) >= 11 is 3.68. The summed E-state index contributed by atoms with van der Waals surface area (Å²) in [7, 11) is 2.07. The number of fused-ring (bicyclic) bond motifs is 3. The molecule has 0 radical (unpaired) electrons. The fourth-order valence-corrected chi connectivity index (χ4v) is 4.05. The minimum atomic E-state index is 0.735. The van der Waals surface area contributed by atoms with Crippen LogP contribution in [0.25, 0.3) is 32.9 Å². The van der Waals surface area contributed by atoms with Gasteiger partial charge in [0.15, 0.2) is 0 Å². The Labute approximate surface area is 148 Å². The van der Waals surface area contributed by atoms with Gasteiger partial charge in [-0.05, 0) is 46.3 Å². The number of nitrogen functional groups attached to an aromatic ring is 2. The van der Waals surface area contributed by atoms with E-state index >= 15 is 0 Å². The summed E-state index contributed by atoms with van der Waals surface area (Å²) in [5.41, 5.74) is 17.0. The van der Waals surface area contributed by atoms with E-state index in [1.54, 1.807) is 0 Å². The van der Waals surface area contributed by atoms with Gasteiger partial charge in [-0.2, -0.15) is 4.57 Å². The minimum absolute atomic E-state index is 0.735. The zero-order chi connectivity index (χ0) is 16.8. The van der Waals surface area contributed by atoms with Crippen LogP contribution in [0.5, 0.6) is 0 Å². The lowest BCUT2D eigenvalue weighted by molar-refractivity contribution is -0.632. The van der Waals surface area contributed by atoms with E-state index < -0.39 is 0 Å². The summed E-state index contributed by atoms with van der Waals surface area (Å²) < 4.78 is 3.18. The molecule has 0 fully saturated rings. The third-order valence-corrected chi connectivity index (χ3v) is 5.03. The number of hydrogen-bond donors (Lipinski definition) is 2. The van der Waals surface area contributed by atoms with Crippen molar-refractivity contribution in [1.82, 2.24) is 0 Å². The topological polar surface area (TPSA) is 55.9 Å². The molecule has 3 aromatic carbocycles. The van der Waals surface area contributed by atoms with Crippen LogP contribution in [-0.2, 0) is 7.05 Å². The van der Waals surface area contributed by atoms with E-state index in [1.165, 1.54) is 0 Å². The van der Waals surface area contributed by atoms with E-state index in [9.17, 15) is 0 Å². The first kappa shape index (κ1) is 15.0. The normalized spacial score (nSPS) is 11.2. The van der Waals surface area contributed by atoms with Crippen molar-refractivity contribution in [3.8, 4) is 11.3 Å². The third-order valence-electron chi connectivity index (χ3n) is 4.40. The summed E-state index contributed by atoms with van der Waals surface area (Å²) in [5.74, 6) is 0. The standard InChI is InChI=1S/C20H16BrN3/c1-24-18-11-14(23)10-17(21)19(18)15-8-7-13(22)9-16(15)20(24)12-5-3-2-4-6-12/h2-11,23H,22H2,1H3/p+1. The molecule has 4 N–H and O–H groups in total. The minimum Gasteiger partial charge on any atom is -0.399 e. The van der Waals surface area contributed by atoms with E-state index in [0.717, 1.165) is 48.8 Å². The van der Waals surface area contributed by atoms with Gasteiger partial charge in [0.05, 0.1) is 10.8 Å². The van der Waals surface area contributed by atoms with Gasteiger partial charge < -0.3 is 11.5 Å². The molecule has 4 rings (SSSR count). The predicted molar refractivity (Wildman–Crippen MR) is 105 cm³/mol. The second kappa shape index (κ2) is 5.49. The number of hydrogen-bond acceptors (Lipinski definition) is 2. The molecule has 4 heteroatoms. The monoisotopic (exact) mass is 378 g/mol. The fourth-order valence-electron chi connectivity index (χ4n) is 3.37.